The molecule has 2 aliphatic rings. The molecule has 0 bridgehead atoms. The zero-order chi connectivity index (χ0) is 25.7. The molecule has 2 aromatic carbocycles. The van der Waals surface area contributed by atoms with Crippen LogP contribution in [0.4, 0.5) is 0 Å². The van der Waals surface area contributed by atoms with Crippen LogP contribution >= 0.6 is 11.8 Å². The average molecular weight is 508 g/mol. The number of carbonyl (C=O) groups is 2. The van der Waals surface area contributed by atoms with E-state index in [0.717, 1.165) is 11.3 Å². The van der Waals surface area contributed by atoms with E-state index in [2.05, 4.69) is 5.32 Å². The molecule has 0 saturated carbocycles. The predicted octanol–water partition coefficient (Wildman–Crippen LogP) is 4.51. The molecule has 2 aromatic rings. The van der Waals surface area contributed by atoms with E-state index in [1.807, 2.05) is 59.7 Å². The van der Waals surface area contributed by atoms with Gasteiger partial charge in [-0.2, -0.15) is 0 Å². The molecule has 2 heterocycles. The van der Waals surface area contributed by atoms with Gasteiger partial charge in [0.05, 0.1) is 44.6 Å². The number of carbonyl (C=O) groups excluding carboxylic acids is 2. The van der Waals surface area contributed by atoms with Crippen LogP contribution in [0.15, 0.2) is 70.2 Å². The van der Waals surface area contributed by atoms with Gasteiger partial charge in [-0.15, -0.1) is 0 Å². The predicted molar refractivity (Wildman–Crippen MR) is 141 cm³/mol. The summed E-state index contributed by atoms with van der Waals surface area (Å²) in [5, 5.41) is 5.42. The lowest BCUT2D eigenvalue weighted by molar-refractivity contribution is -0.139. The zero-order valence-corrected chi connectivity index (χ0v) is 21.6. The highest BCUT2D eigenvalue weighted by molar-refractivity contribution is 8.16. The normalized spacial score (nSPS) is 16.7. The highest BCUT2D eigenvalue weighted by atomic mass is 32.2. The lowest BCUT2D eigenvalue weighted by atomic mass is 9.90. The maximum Gasteiger partial charge on any atom is 0.338 e. The summed E-state index contributed by atoms with van der Waals surface area (Å²) in [5.41, 5.74) is 3.11. The Balaban J connectivity index is 1.97. The van der Waals surface area contributed by atoms with E-state index in [1.165, 1.54) is 11.8 Å². The number of hydrogen-bond donors (Lipinski definition) is 1. The van der Waals surface area contributed by atoms with Crippen molar-refractivity contribution in [2.45, 2.75) is 26.3 Å². The molecule has 0 radical (unpaired) electrons. The quantitative estimate of drug-likeness (QED) is 0.500. The van der Waals surface area contributed by atoms with E-state index >= 15 is 0 Å². The molecule has 0 aromatic heterocycles. The molecular weight excluding hydrogens is 478 g/mol. The number of aliphatic imine (C=N–C) groups is 1. The average Bonchev–Trinajstić information content (AvgIpc) is 3.29. The molecule has 0 spiro atoms. The summed E-state index contributed by atoms with van der Waals surface area (Å²) in [4.78, 5) is 33.0. The van der Waals surface area contributed by atoms with Crippen molar-refractivity contribution in [3.63, 3.8) is 0 Å². The van der Waals surface area contributed by atoms with Gasteiger partial charge >= 0.3 is 5.97 Å². The Labute approximate surface area is 215 Å². The summed E-state index contributed by atoms with van der Waals surface area (Å²) >= 11 is 1.42. The molecule has 188 valence electrons. The number of amidine groups is 1. The minimum Gasteiger partial charge on any atom is -0.493 e. The van der Waals surface area contributed by atoms with Crippen molar-refractivity contribution < 1.29 is 23.8 Å². The lowest BCUT2D eigenvalue weighted by Gasteiger charge is -2.37. The molecule has 1 atom stereocenters. The molecular formula is C27H29N3O5S. The van der Waals surface area contributed by atoms with Crippen LogP contribution in [-0.2, 0) is 14.3 Å². The molecule has 0 saturated heterocycles. The fourth-order valence-electron chi connectivity index (χ4n) is 4.33. The van der Waals surface area contributed by atoms with Crippen LogP contribution in [-0.4, -0.2) is 49.3 Å². The second-order valence-corrected chi connectivity index (χ2v) is 8.79. The van der Waals surface area contributed by atoms with Gasteiger partial charge in [0.1, 0.15) is 0 Å². The van der Waals surface area contributed by atoms with Gasteiger partial charge in [-0.05, 0) is 25.3 Å². The van der Waals surface area contributed by atoms with Crippen LogP contribution in [0.2, 0.25) is 0 Å². The molecule has 1 N–H and O–H groups in total. The van der Waals surface area contributed by atoms with Crippen LogP contribution in [0.25, 0.3) is 5.70 Å². The standard InChI is InChI=1S/C27H29N3O5S/c1-5-28-21(31)15-18-16-36-27-29-23(17-11-8-7-9-12-17)22(26(32)35-6-2)24(30(18)27)19-13-10-14-20(33-3)25(19)34-4/h7-14,16,24H,5-6,15H2,1-4H3,(H,28,31). The Hall–Kier alpha value is -3.72. The van der Waals surface area contributed by atoms with E-state index in [-0.39, 0.29) is 18.9 Å². The second-order valence-electron chi connectivity index (χ2n) is 7.96. The third kappa shape index (κ3) is 4.83. The number of rotatable bonds is 9. The number of nitrogens with zero attached hydrogens (tertiary/aromatic N) is 2. The summed E-state index contributed by atoms with van der Waals surface area (Å²) < 4.78 is 16.9. The van der Waals surface area contributed by atoms with Gasteiger partial charge in [0.25, 0.3) is 0 Å². The number of hydrogen-bond acceptors (Lipinski definition) is 8. The van der Waals surface area contributed by atoms with Gasteiger partial charge in [0, 0.05) is 23.4 Å². The molecule has 0 aliphatic carbocycles. The van der Waals surface area contributed by atoms with E-state index in [9.17, 15) is 9.59 Å². The lowest BCUT2D eigenvalue weighted by Crippen LogP contribution is -2.38. The van der Waals surface area contributed by atoms with Crippen molar-refractivity contribution >= 4 is 34.5 Å². The Bertz CT molecular complexity index is 1240. The molecule has 2 aliphatic heterocycles. The van der Waals surface area contributed by atoms with E-state index in [1.54, 1.807) is 27.2 Å². The van der Waals surface area contributed by atoms with Crippen LogP contribution in [0.3, 0.4) is 0 Å². The van der Waals surface area contributed by atoms with Crippen molar-refractivity contribution in [3.8, 4) is 11.5 Å². The van der Waals surface area contributed by atoms with Gasteiger partial charge in [-0.25, -0.2) is 9.79 Å². The SMILES string of the molecule is CCNC(=O)CC1=CSC2=NC(c3ccccc3)=C(C(=O)OCC)C(c3cccc(OC)c3OC)N12. The molecule has 36 heavy (non-hydrogen) atoms. The molecule has 0 fully saturated rings. The van der Waals surface area contributed by atoms with Crippen LogP contribution < -0.4 is 14.8 Å². The number of thioether (sulfide) groups is 1. The first kappa shape index (κ1) is 25.4. The minimum absolute atomic E-state index is 0.113. The summed E-state index contributed by atoms with van der Waals surface area (Å²) in [6, 6.07) is 14.4. The van der Waals surface area contributed by atoms with Crippen molar-refractivity contribution in [2.75, 3.05) is 27.4 Å². The fourth-order valence-corrected chi connectivity index (χ4v) is 5.25. The van der Waals surface area contributed by atoms with Crippen molar-refractivity contribution in [1.29, 1.82) is 0 Å². The van der Waals surface area contributed by atoms with Crippen LogP contribution in [0.5, 0.6) is 11.5 Å². The van der Waals surface area contributed by atoms with Gasteiger partial charge in [0.2, 0.25) is 5.91 Å². The van der Waals surface area contributed by atoms with E-state index in [4.69, 9.17) is 19.2 Å². The van der Waals surface area contributed by atoms with E-state index < -0.39 is 12.0 Å². The minimum atomic E-state index is -0.660. The maximum atomic E-state index is 13.6. The third-order valence-corrected chi connectivity index (χ3v) is 6.68. The highest BCUT2D eigenvalue weighted by Crippen LogP contribution is 2.50. The number of nitrogens with one attached hydrogen (secondary N) is 1. The Morgan fingerprint density at radius 2 is 1.83 bits per heavy atom. The van der Waals surface area contributed by atoms with Crippen LogP contribution in [0.1, 0.15) is 37.4 Å². The summed E-state index contributed by atoms with van der Waals surface area (Å²) in [6.07, 6.45) is 0.138. The van der Waals surface area contributed by atoms with Gasteiger partial charge < -0.3 is 24.4 Å². The van der Waals surface area contributed by atoms with Crippen LogP contribution in [0, 0.1) is 0 Å². The number of esters is 1. The highest BCUT2D eigenvalue weighted by Gasteiger charge is 2.43. The number of fused-ring (bicyclic) bond motifs is 1. The Kier molecular flexibility index (Phi) is 8.00. The Morgan fingerprint density at radius 1 is 1.06 bits per heavy atom. The molecule has 9 heteroatoms. The number of benzene rings is 2. The second kappa shape index (κ2) is 11.3. The van der Waals surface area contributed by atoms with Crippen molar-refractivity contribution in [1.82, 2.24) is 10.2 Å². The first-order valence-electron chi connectivity index (χ1n) is 11.7. The first-order chi connectivity index (χ1) is 17.5. The molecule has 8 nitrogen and oxygen atoms in total. The topological polar surface area (TPSA) is 89.5 Å². The number of methoxy groups -OCH3 is 2. The fraction of sp³-hybridized carbons (Fsp3) is 0.296. The largest absolute Gasteiger partial charge is 0.493 e. The van der Waals surface area contributed by atoms with Gasteiger partial charge in [-0.3, -0.25) is 4.79 Å². The number of para-hydroxylation sites is 1. The van der Waals surface area contributed by atoms with Gasteiger partial charge in [-0.1, -0.05) is 54.2 Å². The van der Waals surface area contributed by atoms with Crippen molar-refractivity contribution in [3.05, 3.63) is 76.3 Å². The molecule has 1 amide bonds. The van der Waals surface area contributed by atoms with E-state index in [0.29, 0.717) is 40.0 Å². The first-order valence-corrected chi connectivity index (χ1v) is 12.6. The monoisotopic (exact) mass is 507 g/mol. The smallest absolute Gasteiger partial charge is 0.338 e. The van der Waals surface area contributed by atoms with Gasteiger partial charge in [0.15, 0.2) is 16.7 Å². The third-order valence-electron chi connectivity index (χ3n) is 5.80. The molecule has 1 unspecified atom stereocenters. The molecule has 4 rings (SSSR count). The number of ether oxygens (including phenoxy) is 3. The Morgan fingerprint density at radius 3 is 2.50 bits per heavy atom. The maximum absolute atomic E-state index is 13.6. The zero-order valence-electron chi connectivity index (χ0n) is 20.7. The summed E-state index contributed by atoms with van der Waals surface area (Å²) in [6.45, 7) is 4.38. The number of amides is 1. The van der Waals surface area contributed by atoms with Crippen molar-refractivity contribution in [2.24, 2.45) is 4.99 Å². The summed E-state index contributed by atoms with van der Waals surface area (Å²) in [7, 11) is 3.13. The summed E-state index contributed by atoms with van der Waals surface area (Å²) in [5.74, 6) is 0.431.